The van der Waals surface area contributed by atoms with E-state index in [2.05, 4.69) is 67.7 Å². The fraction of sp³-hybridized carbons (Fsp3) is 0.444. The number of aromatic nitrogens is 2. The fourth-order valence-electron chi connectivity index (χ4n) is 2.23. The molecular formula is C18H26N4S. The number of aryl methyl sites for hydroxylation is 1. The molecule has 0 spiro atoms. The smallest absolute Gasteiger partial charge is 0.166 e. The predicted octanol–water partition coefficient (Wildman–Crippen LogP) is 3.27. The number of hydrogen-bond acceptors (Lipinski definition) is 2. The monoisotopic (exact) mass is 330 g/mol. The summed E-state index contributed by atoms with van der Waals surface area (Å²) in [7, 11) is 0. The number of rotatable bonds is 5. The van der Waals surface area contributed by atoms with Gasteiger partial charge in [0.05, 0.1) is 12.6 Å². The number of nitrogens with zero attached hydrogens (tertiary/aromatic N) is 2. The van der Waals surface area contributed by atoms with Crippen LogP contribution in [0.4, 0.5) is 0 Å². The molecule has 0 saturated carbocycles. The van der Waals surface area contributed by atoms with Gasteiger partial charge in [0.2, 0.25) is 0 Å². The highest BCUT2D eigenvalue weighted by Crippen LogP contribution is 2.20. The molecule has 1 atom stereocenters. The molecule has 23 heavy (non-hydrogen) atoms. The lowest BCUT2D eigenvalue weighted by Gasteiger charge is -2.32. The molecule has 1 heterocycles. The summed E-state index contributed by atoms with van der Waals surface area (Å²) in [4.78, 5) is 0. The van der Waals surface area contributed by atoms with Crippen molar-refractivity contribution in [3.63, 3.8) is 0 Å². The summed E-state index contributed by atoms with van der Waals surface area (Å²) in [6.45, 7) is 10.2. The van der Waals surface area contributed by atoms with Gasteiger partial charge in [-0.1, -0.05) is 50.6 Å². The van der Waals surface area contributed by atoms with Crippen molar-refractivity contribution >= 4 is 17.3 Å². The second kappa shape index (κ2) is 7.59. The highest BCUT2D eigenvalue weighted by atomic mass is 32.1. The SMILES string of the molecule is Cc1ccc(CNC(=S)N[C@@H](Cn2cccn2)C(C)(C)C)cc1. The third kappa shape index (κ3) is 5.67. The van der Waals surface area contributed by atoms with E-state index >= 15 is 0 Å². The van der Waals surface area contributed by atoms with Crippen LogP contribution in [0.1, 0.15) is 31.9 Å². The van der Waals surface area contributed by atoms with E-state index in [-0.39, 0.29) is 11.5 Å². The van der Waals surface area contributed by atoms with Gasteiger partial charge in [-0.25, -0.2) is 0 Å². The quantitative estimate of drug-likeness (QED) is 0.826. The first-order valence-electron chi connectivity index (χ1n) is 7.92. The van der Waals surface area contributed by atoms with Crippen LogP contribution < -0.4 is 10.6 Å². The van der Waals surface area contributed by atoms with Crippen molar-refractivity contribution in [2.75, 3.05) is 0 Å². The molecule has 0 amide bonds. The van der Waals surface area contributed by atoms with E-state index in [0.29, 0.717) is 5.11 Å². The van der Waals surface area contributed by atoms with Gasteiger partial charge >= 0.3 is 0 Å². The van der Waals surface area contributed by atoms with Crippen LogP contribution in [0.2, 0.25) is 0 Å². The highest BCUT2D eigenvalue weighted by Gasteiger charge is 2.25. The molecular weight excluding hydrogens is 304 g/mol. The van der Waals surface area contributed by atoms with E-state index in [1.807, 2.05) is 16.9 Å². The van der Waals surface area contributed by atoms with Gasteiger partial charge in [-0.05, 0) is 36.2 Å². The number of nitrogens with one attached hydrogen (secondary N) is 2. The Morgan fingerprint density at radius 3 is 2.52 bits per heavy atom. The van der Waals surface area contributed by atoms with Gasteiger partial charge in [-0.2, -0.15) is 5.10 Å². The summed E-state index contributed by atoms with van der Waals surface area (Å²) in [6, 6.07) is 10.6. The lowest BCUT2D eigenvalue weighted by Crippen LogP contribution is -2.49. The molecule has 0 aliphatic rings. The minimum atomic E-state index is 0.0710. The van der Waals surface area contributed by atoms with E-state index in [4.69, 9.17) is 12.2 Å². The minimum absolute atomic E-state index is 0.0710. The van der Waals surface area contributed by atoms with E-state index in [1.54, 1.807) is 6.20 Å². The summed E-state index contributed by atoms with van der Waals surface area (Å²) < 4.78 is 1.94. The average Bonchev–Trinajstić information content (AvgIpc) is 2.98. The Hall–Kier alpha value is -1.88. The zero-order valence-corrected chi connectivity index (χ0v) is 15.2. The first-order valence-corrected chi connectivity index (χ1v) is 8.33. The second-order valence-corrected chi connectivity index (χ2v) is 7.37. The zero-order chi connectivity index (χ0) is 16.9. The Labute approximate surface area is 144 Å². The van der Waals surface area contributed by atoms with Gasteiger partial charge in [0.1, 0.15) is 0 Å². The van der Waals surface area contributed by atoms with Crippen molar-refractivity contribution < 1.29 is 0 Å². The van der Waals surface area contributed by atoms with E-state index in [9.17, 15) is 0 Å². The maximum absolute atomic E-state index is 5.47. The highest BCUT2D eigenvalue weighted by molar-refractivity contribution is 7.80. The standard InChI is InChI=1S/C18H26N4S/c1-14-6-8-15(9-7-14)12-19-17(23)21-16(18(2,3)4)13-22-11-5-10-20-22/h5-11,16H,12-13H2,1-4H3,(H2,19,21,23)/t16-/m0/s1. The van der Waals surface area contributed by atoms with Gasteiger partial charge in [0, 0.05) is 18.9 Å². The minimum Gasteiger partial charge on any atom is -0.359 e. The molecule has 124 valence electrons. The molecule has 0 bridgehead atoms. The molecule has 0 saturated heterocycles. The Morgan fingerprint density at radius 2 is 1.96 bits per heavy atom. The maximum Gasteiger partial charge on any atom is 0.166 e. The summed E-state index contributed by atoms with van der Waals surface area (Å²) in [6.07, 6.45) is 3.77. The van der Waals surface area contributed by atoms with Gasteiger partial charge < -0.3 is 10.6 Å². The van der Waals surface area contributed by atoms with Crippen LogP contribution in [-0.2, 0) is 13.1 Å². The van der Waals surface area contributed by atoms with Crippen LogP contribution in [0, 0.1) is 12.3 Å². The third-order valence-corrected chi connectivity index (χ3v) is 4.12. The summed E-state index contributed by atoms with van der Waals surface area (Å²) >= 11 is 5.47. The first-order chi connectivity index (χ1) is 10.8. The topological polar surface area (TPSA) is 41.9 Å². The molecule has 5 heteroatoms. The maximum atomic E-state index is 5.47. The molecule has 2 rings (SSSR count). The van der Waals surface area contributed by atoms with Gasteiger partial charge in [0.25, 0.3) is 0 Å². The van der Waals surface area contributed by atoms with Crippen LogP contribution >= 0.6 is 12.2 Å². The largest absolute Gasteiger partial charge is 0.359 e. The molecule has 1 aromatic heterocycles. The van der Waals surface area contributed by atoms with Crippen LogP contribution in [0.15, 0.2) is 42.7 Å². The molecule has 0 aliphatic heterocycles. The predicted molar refractivity (Wildman–Crippen MR) is 99.2 cm³/mol. The molecule has 0 fully saturated rings. The summed E-state index contributed by atoms with van der Waals surface area (Å²) in [5.74, 6) is 0. The number of hydrogen-bond donors (Lipinski definition) is 2. The van der Waals surface area contributed by atoms with E-state index in [1.165, 1.54) is 11.1 Å². The van der Waals surface area contributed by atoms with Crippen molar-refractivity contribution in [1.29, 1.82) is 0 Å². The second-order valence-electron chi connectivity index (χ2n) is 6.96. The van der Waals surface area contributed by atoms with Crippen LogP contribution in [-0.4, -0.2) is 20.9 Å². The molecule has 0 radical (unpaired) electrons. The zero-order valence-electron chi connectivity index (χ0n) is 14.3. The number of thiocarbonyl (C=S) groups is 1. The van der Waals surface area contributed by atoms with Crippen molar-refractivity contribution in [3.05, 3.63) is 53.9 Å². The average molecular weight is 331 g/mol. The van der Waals surface area contributed by atoms with E-state index < -0.39 is 0 Å². The molecule has 4 nitrogen and oxygen atoms in total. The molecule has 0 unspecified atom stereocenters. The van der Waals surface area contributed by atoms with Crippen molar-refractivity contribution in [2.24, 2.45) is 5.41 Å². The molecule has 2 aromatic rings. The summed E-state index contributed by atoms with van der Waals surface area (Å²) in [5, 5.41) is 11.7. The lowest BCUT2D eigenvalue weighted by molar-refractivity contribution is 0.260. The van der Waals surface area contributed by atoms with Gasteiger partial charge in [-0.15, -0.1) is 0 Å². The summed E-state index contributed by atoms with van der Waals surface area (Å²) in [5.41, 5.74) is 2.56. The van der Waals surface area contributed by atoms with Crippen LogP contribution in [0.25, 0.3) is 0 Å². The molecule has 1 aromatic carbocycles. The van der Waals surface area contributed by atoms with Crippen molar-refractivity contribution in [1.82, 2.24) is 20.4 Å². The van der Waals surface area contributed by atoms with E-state index in [0.717, 1.165) is 13.1 Å². The van der Waals surface area contributed by atoms with Gasteiger partial charge in [-0.3, -0.25) is 4.68 Å². The molecule has 2 N–H and O–H groups in total. The number of benzene rings is 1. The fourth-order valence-corrected chi connectivity index (χ4v) is 2.44. The Morgan fingerprint density at radius 1 is 1.26 bits per heavy atom. The molecule has 0 aliphatic carbocycles. The van der Waals surface area contributed by atoms with Crippen molar-refractivity contribution in [3.8, 4) is 0 Å². The Balaban J connectivity index is 1.90. The van der Waals surface area contributed by atoms with Crippen LogP contribution in [0.5, 0.6) is 0 Å². The Bertz CT molecular complexity index is 611. The van der Waals surface area contributed by atoms with Crippen molar-refractivity contribution in [2.45, 2.75) is 46.8 Å². The van der Waals surface area contributed by atoms with Crippen LogP contribution in [0.3, 0.4) is 0 Å². The third-order valence-electron chi connectivity index (χ3n) is 3.85. The normalized spacial score (nSPS) is 12.7. The Kier molecular flexibility index (Phi) is 5.77. The lowest BCUT2D eigenvalue weighted by atomic mass is 9.87. The van der Waals surface area contributed by atoms with Gasteiger partial charge in [0.15, 0.2) is 5.11 Å². The first kappa shape index (κ1) is 17.5.